The Morgan fingerprint density at radius 2 is 1.88 bits per heavy atom. The molecule has 3 heterocycles. The minimum Gasteiger partial charge on any atom is -0.345 e. The molecule has 0 spiro atoms. The monoisotopic (exact) mass is 347 g/mol. The number of amides is 1. The second-order valence-electron chi connectivity index (χ2n) is 6.13. The molecule has 0 N–H and O–H groups in total. The number of carbonyl (C=O) groups is 1. The number of hydrogen-bond donors (Lipinski definition) is 0. The van der Waals surface area contributed by atoms with E-state index in [0.29, 0.717) is 12.1 Å². The summed E-state index contributed by atoms with van der Waals surface area (Å²) in [6.45, 7) is 0.617. The van der Waals surface area contributed by atoms with Gasteiger partial charge in [0.1, 0.15) is 0 Å². The molecule has 4 nitrogen and oxygen atoms in total. The number of aliphatic imine (C=N–C) groups is 1. The van der Waals surface area contributed by atoms with Gasteiger partial charge in [-0.15, -0.1) is 0 Å². The molecule has 124 valence electrons. The lowest BCUT2D eigenvalue weighted by Crippen LogP contribution is -2.21. The summed E-state index contributed by atoms with van der Waals surface area (Å²) in [7, 11) is 3.52. The Morgan fingerprint density at radius 3 is 2.56 bits per heavy atom. The molecule has 1 amide bonds. The van der Waals surface area contributed by atoms with Crippen molar-refractivity contribution in [2.75, 3.05) is 14.1 Å². The summed E-state index contributed by atoms with van der Waals surface area (Å²) < 4.78 is 0. The fourth-order valence-electron chi connectivity index (χ4n) is 3.05. The number of nitrogens with zero attached hydrogens (tertiary/aromatic N) is 3. The van der Waals surface area contributed by atoms with Gasteiger partial charge in [-0.2, -0.15) is 11.3 Å². The van der Waals surface area contributed by atoms with Crippen LogP contribution in [0.2, 0.25) is 0 Å². The summed E-state index contributed by atoms with van der Waals surface area (Å²) in [4.78, 5) is 22.9. The maximum atomic E-state index is 12.1. The largest absolute Gasteiger partial charge is 0.345 e. The van der Waals surface area contributed by atoms with Crippen molar-refractivity contribution in [3.8, 4) is 11.1 Å². The average Bonchev–Trinajstić information content (AvgIpc) is 3.30. The lowest BCUT2D eigenvalue weighted by atomic mass is 9.94. The van der Waals surface area contributed by atoms with Gasteiger partial charge in [0.05, 0.1) is 18.0 Å². The van der Waals surface area contributed by atoms with Crippen LogP contribution < -0.4 is 0 Å². The van der Waals surface area contributed by atoms with Crippen molar-refractivity contribution in [1.82, 2.24) is 9.88 Å². The van der Waals surface area contributed by atoms with Crippen molar-refractivity contribution in [1.29, 1.82) is 0 Å². The molecule has 0 bridgehead atoms. The van der Waals surface area contributed by atoms with Gasteiger partial charge in [-0.05, 0) is 40.8 Å². The fraction of sp³-hybridized carbons (Fsp3) is 0.150. The first kappa shape index (κ1) is 15.7. The van der Waals surface area contributed by atoms with Crippen LogP contribution in [0.25, 0.3) is 11.1 Å². The fourth-order valence-corrected chi connectivity index (χ4v) is 3.69. The van der Waals surface area contributed by atoms with E-state index < -0.39 is 0 Å². The number of pyridine rings is 1. The zero-order valence-electron chi connectivity index (χ0n) is 14.1. The molecule has 2 aromatic heterocycles. The molecule has 1 aliphatic rings. The van der Waals surface area contributed by atoms with E-state index in [0.717, 1.165) is 33.7 Å². The quantitative estimate of drug-likeness (QED) is 0.722. The van der Waals surface area contributed by atoms with Gasteiger partial charge in [0.15, 0.2) is 0 Å². The Labute approximate surface area is 150 Å². The predicted molar refractivity (Wildman–Crippen MR) is 101 cm³/mol. The maximum absolute atomic E-state index is 12.1. The zero-order chi connectivity index (χ0) is 17.4. The maximum Gasteiger partial charge on any atom is 0.253 e. The van der Waals surface area contributed by atoms with Crippen LogP contribution in [0, 0.1) is 0 Å². The molecule has 0 atom stereocenters. The van der Waals surface area contributed by atoms with Crippen molar-refractivity contribution in [3.63, 3.8) is 0 Å². The first-order valence-corrected chi connectivity index (χ1v) is 8.97. The highest BCUT2D eigenvalue weighted by atomic mass is 32.1. The van der Waals surface area contributed by atoms with Crippen molar-refractivity contribution >= 4 is 23.0 Å². The Kier molecular flexibility index (Phi) is 3.93. The Balaban J connectivity index is 1.77. The normalized spacial score (nSPS) is 12.6. The van der Waals surface area contributed by atoms with Crippen molar-refractivity contribution in [2.45, 2.75) is 6.54 Å². The molecule has 3 aromatic rings. The van der Waals surface area contributed by atoms with Gasteiger partial charge in [-0.25, -0.2) is 0 Å². The number of rotatable bonds is 3. The molecule has 0 fully saturated rings. The number of aromatic nitrogens is 1. The number of thiophene rings is 1. The first-order valence-electron chi connectivity index (χ1n) is 8.02. The molecule has 1 aromatic carbocycles. The first-order chi connectivity index (χ1) is 12.1. The highest BCUT2D eigenvalue weighted by Gasteiger charge is 2.23. The van der Waals surface area contributed by atoms with Crippen LogP contribution in [0.4, 0.5) is 0 Å². The van der Waals surface area contributed by atoms with Crippen molar-refractivity contribution in [3.05, 3.63) is 75.7 Å². The number of carbonyl (C=O) groups excluding carboxylic acids is 1. The number of hydrogen-bond acceptors (Lipinski definition) is 4. The lowest BCUT2D eigenvalue weighted by Gasteiger charge is -2.12. The molecule has 0 unspecified atom stereocenters. The van der Waals surface area contributed by atoms with Crippen LogP contribution in [0.3, 0.4) is 0 Å². The van der Waals surface area contributed by atoms with E-state index in [9.17, 15) is 4.79 Å². The molecular formula is C20H17N3OS. The van der Waals surface area contributed by atoms with Gasteiger partial charge >= 0.3 is 0 Å². The third-order valence-electron chi connectivity index (χ3n) is 4.30. The molecule has 5 heteroatoms. The Morgan fingerprint density at radius 1 is 1.08 bits per heavy atom. The van der Waals surface area contributed by atoms with Gasteiger partial charge in [0.25, 0.3) is 5.91 Å². The molecular weight excluding hydrogens is 330 g/mol. The summed E-state index contributed by atoms with van der Waals surface area (Å²) in [5.74, 6) is 0.00651. The number of benzene rings is 1. The van der Waals surface area contributed by atoms with Crippen LogP contribution in [-0.2, 0) is 6.54 Å². The summed E-state index contributed by atoms with van der Waals surface area (Å²) in [5, 5.41) is 4.18. The van der Waals surface area contributed by atoms with Gasteiger partial charge in [-0.3, -0.25) is 14.8 Å². The topological polar surface area (TPSA) is 45.6 Å². The van der Waals surface area contributed by atoms with E-state index in [2.05, 4.69) is 21.8 Å². The van der Waals surface area contributed by atoms with E-state index in [1.807, 2.05) is 36.5 Å². The second kappa shape index (κ2) is 6.26. The number of fused-ring (bicyclic) bond motifs is 1. The molecule has 0 saturated carbocycles. The van der Waals surface area contributed by atoms with Crippen molar-refractivity contribution in [2.24, 2.45) is 4.99 Å². The SMILES string of the molecule is CN(C)C(=O)c1ccc(-c2ccnc3c2C(c2ccsc2)=NC3)cc1. The summed E-state index contributed by atoms with van der Waals surface area (Å²) in [5.41, 5.74) is 7.12. The summed E-state index contributed by atoms with van der Waals surface area (Å²) >= 11 is 1.67. The van der Waals surface area contributed by atoms with Crippen LogP contribution in [0.1, 0.15) is 27.2 Å². The zero-order valence-corrected chi connectivity index (χ0v) is 14.9. The van der Waals surface area contributed by atoms with E-state index >= 15 is 0 Å². The molecule has 0 radical (unpaired) electrons. The van der Waals surface area contributed by atoms with E-state index in [4.69, 9.17) is 4.99 Å². The Bertz CT molecular complexity index is 957. The highest BCUT2D eigenvalue weighted by molar-refractivity contribution is 7.08. The van der Waals surface area contributed by atoms with Gasteiger partial charge < -0.3 is 4.90 Å². The molecule has 1 aliphatic heterocycles. The van der Waals surface area contributed by atoms with Crippen LogP contribution >= 0.6 is 11.3 Å². The molecule has 0 aliphatic carbocycles. The summed E-state index contributed by atoms with van der Waals surface area (Å²) in [6.07, 6.45) is 1.83. The van der Waals surface area contributed by atoms with E-state index in [1.165, 1.54) is 0 Å². The molecule has 0 saturated heterocycles. The van der Waals surface area contributed by atoms with Crippen LogP contribution in [0.15, 0.2) is 58.3 Å². The van der Waals surface area contributed by atoms with E-state index in [1.54, 1.807) is 30.3 Å². The minimum absolute atomic E-state index is 0.00651. The van der Waals surface area contributed by atoms with E-state index in [-0.39, 0.29) is 5.91 Å². The Hall–Kier alpha value is -2.79. The third kappa shape index (κ3) is 2.76. The molecule has 25 heavy (non-hydrogen) atoms. The highest BCUT2D eigenvalue weighted by Crippen LogP contribution is 2.32. The summed E-state index contributed by atoms with van der Waals surface area (Å²) in [6, 6.07) is 11.9. The lowest BCUT2D eigenvalue weighted by molar-refractivity contribution is 0.0827. The van der Waals surface area contributed by atoms with Crippen molar-refractivity contribution < 1.29 is 4.79 Å². The predicted octanol–water partition coefficient (Wildman–Crippen LogP) is 3.86. The minimum atomic E-state index is 0.00651. The standard InChI is InChI=1S/C20H17N3OS/c1-23(2)20(24)14-5-3-13(4-6-14)16-7-9-21-17-11-22-19(18(16)17)15-8-10-25-12-15/h3-10,12H,11H2,1-2H3. The third-order valence-corrected chi connectivity index (χ3v) is 4.98. The smallest absolute Gasteiger partial charge is 0.253 e. The van der Waals surface area contributed by atoms with Crippen LogP contribution in [-0.4, -0.2) is 35.6 Å². The second-order valence-corrected chi connectivity index (χ2v) is 6.91. The van der Waals surface area contributed by atoms with Gasteiger partial charge in [0.2, 0.25) is 0 Å². The average molecular weight is 347 g/mol. The molecule has 4 rings (SSSR count). The van der Waals surface area contributed by atoms with Gasteiger partial charge in [-0.1, -0.05) is 12.1 Å². The van der Waals surface area contributed by atoms with Gasteiger partial charge in [0, 0.05) is 42.4 Å². The van der Waals surface area contributed by atoms with Crippen LogP contribution in [0.5, 0.6) is 0 Å².